The number of nitrogens with one attached hydrogen (secondary N) is 1. The van der Waals surface area contributed by atoms with Crippen LogP contribution in [-0.4, -0.2) is 17.6 Å². The van der Waals surface area contributed by atoms with Crippen LogP contribution in [0.2, 0.25) is 0 Å². The van der Waals surface area contributed by atoms with Crippen molar-refractivity contribution in [2.45, 2.75) is 39.2 Å². The predicted octanol–water partition coefficient (Wildman–Crippen LogP) is 3.69. The number of ether oxygens (including phenoxy) is 1. The lowest BCUT2D eigenvalue weighted by molar-refractivity contribution is -0.118. The Bertz CT molecular complexity index is 755. The molecule has 4 nitrogen and oxygen atoms in total. The van der Waals surface area contributed by atoms with Crippen LogP contribution in [0.15, 0.2) is 36.4 Å². The monoisotopic (exact) mass is 325 g/mol. The molecule has 1 atom stereocenters. The molecule has 3 rings (SSSR count). The fraction of sp³-hybridized carbons (Fsp3) is 0.350. The van der Waals surface area contributed by atoms with Crippen molar-refractivity contribution in [3.05, 3.63) is 58.7 Å². The molecule has 0 fully saturated rings. The van der Waals surface area contributed by atoms with Crippen LogP contribution in [0.5, 0.6) is 5.75 Å². The summed E-state index contributed by atoms with van der Waals surface area (Å²) in [5.41, 5.74) is 5.05. The first-order valence-electron chi connectivity index (χ1n) is 8.34. The van der Waals surface area contributed by atoms with Gasteiger partial charge in [-0.1, -0.05) is 18.2 Å². The molecule has 0 aromatic heterocycles. The summed E-state index contributed by atoms with van der Waals surface area (Å²) >= 11 is 0. The van der Waals surface area contributed by atoms with Crippen LogP contribution in [0.25, 0.3) is 0 Å². The van der Waals surface area contributed by atoms with Crippen molar-refractivity contribution in [1.29, 1.82) is 0 Å². The minimum atomic E-state index is -0.429. The average Bonchev–Trinajstić information content (AvgIpc) is 2.57. The lowest BCUT2D eigenvalue weighted by atomic mass is 9.89. The number of anilines is 1. The third kappa shape index (κ3) is 3.60. The Morgan fingerprint density at radius 2 is 2.08 bits per heavy atom. The molecule has 4 heteroatoms. The van der Waals surface area contributed by atoms with Crippen molar-refractivity contribution in [2.75, 3.05) is 11.9 Å². The van der Waals surface area contributed by atoms with E-state index in [1.165, 1.54) is 5.56 Å². The van der Waals surface area contributed by atoms with Gasteiger partial charge < -0.3 is 15.2 Å². The molecular formula is C20H23NO3. The molecule has 2 aromatic carbocycles. The van der Waals surface area contributed by atoms with Crippen molar-refractivity contribution in [3.8, 4) is 5.75 Å². The van der Waals surface area contributed by atoms with E-state index >= 15 is 0 Å². The van der Waals surface area contributed by atoms with Gasteiger partial charge >= 0.3 is 0 Å². The number of aryl methyl sites for hydroxylation is 2. The van der Waals surface area contributed by atoms with Gasteiger partial charge in [0.2, 0.25) is 0 Å². The number of aliphatic hydroxyl groups excluding tert-OH is 1. The molecule has 0 saturated carbocycles. The van der Waals surface area contributed by atoms with E-state index in [1.807, 2.05) is 50.2 Å². The SMILES string of the molecule is Cc1ccc(NC(=O)COc2cccc3c2CCC[C@@H]3O)cc1C. The lowest BCUT2D eigenvalue weighted by Gasteiger charge is -2.23. The van der Waals surface area contributed by atoms with Gasteiger partial charge in [0.15, 0.2) is 6.61 Å². The number of aliphatic hydroxyl groups is 1. The van der Waals surface area contributed by atoms with Crippen molar-refractivity contribution >= 4 is 11.6 Å². The molecular weight excluding hydrogens is 302 g/mol. The van der Waals surface area contributed by atoms with E-state index in [1.54, 1.807) is 0 Å². The molecule has 0 aliphatic heterocycles. The number of benzene rings is 2. The van der Waals surface area contributed by atoms with E-state index in [0.29, 0.717) is 5.75 Å². The Morgan fingerprint density at radius 1 is 1.25 bits per heavy atom. The van der Waals surface area contributed by atoms with Gasteiger partial charge in [0, 0.05) is 5.69 Å². The zero-order valence-electron chi connectivity index (χ0n) is 14.1. The topological polar surface area (TPSA) is 58.6 Å². The second kappa shape index (κ2) is 7.05. The molecule has 1 aliphatic rings. The van der Waals surface area contributed by atoms with E-state index in [0.717, 1.165) is 41.6 Å². The zero-order valence-corrected chi connectivity index (χ0v) is 14.1. The lowest BCUT2D eigenvalue weighted by Crippen LogP contribution is -2.21. The quantitative estimate of drug-likeness (QED) is 0.901. The van der Waals surface area contributed by atoms with Gasteiger partial charge in [-0.15, -0.1) is 0 Å². The molecule has 126 valence electrons. The molecule has 0 radical (unpaired) electrons. The van der Waals surface area contributed by atoms with Gasteiger partial charge in [-0.2, -0.15) is 0 Å². The number of hydrogen-bond donors (Lipinski definition) is 2. The molecule has 2 aromatic rings. The summed E-state index contributed by atoms with van der Waals surface area (Å²) in [6.07, 6.45) is 2.16. The molecule has 24 heavy (non-hydrogen) atoms. The van der Waals surface area contributed by atoms with Gasteiger partial charge in [0.1, 0.15) is 5.75 Å². The number of hydrogen-bond acceptors (Lipinski definition) is 3. The average molecular weight is 325 g/mol. The van der Waals surface area contributed by atoms with Crippen molar-refractivity contribution in [1.82, 2.24) is 0 Å². The third-order valence-electron chi connectivity index (χ3n) is 4.58. The van der Waals surface area contributed by atoms with Crippen LogP contribution in [0.3, 0.4) is 0 Å². The molecule has 0 spiro atoms. The fourth-order valence-corrected chi connectivity index (χ4v) is 3.08. The van der Waals surface area contributed by atoms with Crippen LogP contribution in [0, 0.1) is 13.8 Å². The number of carbonyl (C=O) groups excluding carboxylic acids is 1. The summed E-state index contributed by atoms with van der Waals surface area (Å²) in [6.45, 7) is 4.01. The standard InChI is InChI=1S/C20H23NO3/c1-13-9-10-15(11-14(13)2)21-20(23)12-24-19-8-4-5-16-17(19)6-3-7-18(16)22/h4-5,8-11,18,22H,3,6-7,12H2,1-2H3,(H,21,23)/t18-/m0/s1. The maximum absolute atomic E-state index is 12.1. The van der Waals surface area contributed by atoms with Gasteiger partial charge in [-0.05, 0) is 73.6 Å². The first-order chi connectivity index (χ1) is 11.5. The van der Waals surface area contributed by atoms with Crippen molar-refractivity contribution < 1.29 is 14.6 Å². The van der Waals surface area contributed by atoms with Gasteiger partial charge in [-0.25, -0.2) is 0 Å². The highest BCUT2D eigenvalue weighted by Crippen LogP contribution is 2.35. The normalized spacial score (nSPS) is 16.4. The summed E-state index contributed by atoms with van der Waals surface area (Å²) in [5, 5.41) is 12.9. The van der Waals surface area contributed by atoms with Crippen molar-refractivity contribution in [2.24, 2.45) is 0 Å². The molecule has 0 saturated heterocycles. The summed E-state index contributed by atoms with van der Waals surface area (Å²) in [7, 11) is 0. The number of fused-ring (bicyclic) bond motifs is 1. The third-order valence-corrected chi connectivity index (χ3v) is 4.58. The number of amides is 1. The Balaban J connectivity index is 1.64. The van der Waals surface area contributed by atoms with Crippen molar-refractivity contribution in [3.63, 3.8) is 0 Å². The summed E-state index contributed by atoms with van der Waals surface area (Å²) in [4.78, 5) is 12.1. The first-order valence-corrected chi connectivity index (χ1v) is 8.34. The second-order valence-electron chi connectivity index (χ2n) is 6.37. The summed E-state index contributed by atoms with van der Waals surface area (Å²) < 4.78 is 5.72. The predicted molar refractivity (Wildman–Crippen MR) is 94.4 cm³/mol. The molecule has 0 unspecified atom stereocenters. The van der Waals surface area contributed by atoms with E-state index in [9.17, 15) is 9.90 Å². The Morgan fingerprint density at radius 3 is 2.88 bits per heavy atom. The maximum atomic E-state index is 12.1. The van der Waals surface area contributed by atoms with Crippen LogP contribution in [0.4, 0.5) is 5.69 Å². The number of rotatable bonds is 4. The molecule has 0 heterocycles. The molecule has 0 bridgehead atoms. The van der Waals surface area contributed by atoms with Crippen LogP contribution >= 0.6 is 0 Å². The zero-order chi connectivity index (χ0) is 17.1. The maximum Gasteiger partial charge on any atom is 0.262 e. The van der Waals surface area contributed by atoms with Crippen LogP contribution < -0.4 is 10.1 Å². The van der Waals surface area contributed by atoms with Gasteiger partial charge in [-0.3, -0.25) is 4.79 Å². The first kappa shape index (κ1) is 16.5. The van der Waals surface area contributed by atoms with Crippen LogP contribution in [-0.2, 0) is 11.2 Å². The van der Waals surface area contributed by atoms with E-state index < -0.39 is 6.10 Å². The molecule has 2 N–H and O–H groups in total. The molecule has 1 amide bonds. The summed E-state index contributed by atoms with van der Waals surface area (Å²) in [5.74, 6) is 0.508. The molecule has 1 aliphatic carbocycles. The van der Waals surface area contributed by atoms with E-state index in [2.05, 4.69) is 5.32 Å². The van der Waals surface area contributed by atoms with E-state index in [-0.39, 0.29) is 12.5 Å². The van der Waals surface area contributed by atoms with Gasteiger partial charge in [0.25, 0.3) is 5.91 Å². The summed E-state index contributed by atoms with van der Waals surface area (Å²) in [6, 6.07) is 11.5. The minimum absolute atomic E-state index is 0.0422. The highest BCUT2D eigenvalue weighted by atomic mass is 16.5. The smallest absolute Gasteiger partial charge is 0.262 e. The van der Waals surface area contributed by atoms with Crippen LogP contribution in [0.1, 0.15) is 41.2 Å². The Hall–Kier alpha value is -2.33. The number of carbonyl (C=O) groups is 1. The Labute approximate surface area is 142 Å². The Kier molecular flexibility index (Phi) is 4.86. The van der Waals surface area contributed by atoms with E-state index in [4.69, 9.17) is 4.74 Å². The minimum Gasteiger partial charge on any atom is -0.483 e. The second-order valence-corrected chi connectivity index (χ2v) is 6.37. The fourth-order valence-electron chi connectivity index (χ4n) is 3.08. The largest absolute Gasteiger partial charge is 0.483 e. The highest BCUT2D eigenvalue weighted by molar-refractivity contribution is 5.92. The highest BCUT2D eigenvalue weighted by Gasteiger charge is 2.21. The van der Waals surface area contributed by atoms with Gasteiger partial charge in [0.05, 0.1) is 6.10 Å².